The molecule has 0 saturated heterocycles. The summed E-state index contributed by atoms with van der Waals surface area (Å²) in [5.41, 5.74) is 2.23. The summed E-state index contributed by atoms with van der Waals surface area (Å²) >= 11 is 12.5. The van der Waals surface area contributed by atoms with E-state index in [0.717, 1.165) is 11.1 Å². The molecule has 29 heavy (non-hydrogen) atoms. The number of carbonyl (C=O) groups is 2. The highest BCUT2D eigenvalue weighted by Gasteiger charge is 2.29. The summed E-state index contributed by atoms with van der Waals surface area (Å²) in [7, 11) is 0. The van der Waals surface area contributed by atoms with Crippen LogP contribution in [0.1, 0.15) is 44.4 Å². The van der Waals surface area contributed by atoms with Crippen molar-refractivity contribution in [2.75, 3.05) is 0 Å². The fourth-order valence-corrected chi connectivity index (χ4v) is 3.55. The lowest BCUT2D eigenvalue weighted by Crippen LogP contribution is -2.52. The molecule has 2 amide bonds. The molecule has 0 saturated carbocycles. The maximum atomic E-state index is 13.2. The minimum absolute atomic E-state index is 0.0253. The molecular weight excluding hydrogens is 407 g/mol. The van der Waals surface area contributed by atoms with Crippen LogP contribution in [-0.4, -0.2) is 28.3 Å². The first-order valence-corrected chi connectivity index (χ1v) is 10.3. The van der Waals surface area contributed by atoms with E-state index in [1.54, 1.807) is 30.0 Å². The lowest BCUT2D eigenvalue weighted by atomic mass is 10.1. The summed E-state index contributed by atoms with van der Waals surface area (Å²) in [6.45, 7) is 9.79. The molecule has 4 nitrogen and oxygen atoms in total. The van der Waals surface area contributed by atoms with Crippen molar-refractivity contribution in [2.45, 2.75) is 59.2 Å². The van der Waals surface area contributed by atoms with Crippen LogP contribution in [0.2, 0.25) is 10.0 Å². The predicted molar refractivity (Wildman–Crippen MR) is 119 cm³/mol. The van der Waals surface area contributed by atoms with E-state index in [0.29, 0.717) is 22.2 Å². The second-order valence-electron chi connectivity index (χ2n) is 8.30. The van der Waals surface area contributed by atoms with E-state index in [4.69, 9.17) is 23.2 Å². The Morgan fingerprint density at radius 2 is 1.66 bits per heavy atom. The van der Waals surface area contributed by atoms with Gasteiger partial charge in [0.25, 0.3) is 0 Å². The van der Waals surface area contributed by atoms with E-state index in [1.165, 1.54) is 0 Å². The van der Waals surface area contributed by atoms with Crippen LogP contribution in [0.5, 0.6) is 0 Å². The Labute approximate surface area is 183 Å². The average Bonchev–Trinajstić information content (AvgIpc) is 2.61. The molecular formula is C23H28Cl2N2O2. The van der Waals surface area contributed by atoms with Crippen LogP contribution >= 0.6 is 23.2 Å². The largest absolute Gasteiger partial charge is 0.350 e. The Morgan fingerprint density at radius 1 is 1.07 bits per heavy atom. The molecule has 0 aliphatic rings. The highest BCUT2D eigenvalue weighted by atomic mass is 35.5. The number of benzene rings is 2. The van der Waals surface area contributed by atoms with Crippen molar-refractivity contribution in [2.24, 2.45) is 0 Å². The van der Waals surface area contributed by atoms with Crippen LogP contribution in [0.25, 0.3) is 0 Å². The first-order valence-electron chi connectivity index (χ1n) is 9.58. The zero-order valence-corrected chi connectivity index (χ0v) is 19.1. The quantitative estimate of drug-likeness (QED) is 0.680. The molecule has 6 heteroatoms. The van der Waals surface area contributed by atoms with Gasteiger partial charge in [0, 0.05) is 22.1 Å². The molecule has 2 aromatic carbocycles. The maximum Gasteiger partial charge on any atom is 0.242 e. The van der Waals surface area contributed by atoms with Crippen molar-refractivity contribution >= 4 is 35.0 Å². The third kappa shape index (κ3) is 6.76. The zero-order valence-electron chi connectivity index (χ0n) is 17.6. The van der Waals surface area contributed by atoms with Crippen LogP contribution in [-0.2, 0) is 22.6 Å². The molecule has 156 valence electrons. The van der Waals surface area contributed by atoms with E-state index < -0.39 is 11.6 Å². The molecule has 0 aliphatic heterocycles. The van der Waals surface area contributed by atoms with Crippen molar-refractivity contribution in [3.05, 3.63) is 69.2 Å². The predicted octanol–water partition coefficient (Wildman–Crippen LogP) is 5.18. The van der Waals surface area contributed by atoms with E-state index in [-0.39, 0.29) is 18.2 Å². The van der Waals surface area contributed by atoms with Gasteiger partial charge in [-0.15, -0.1) is 0 Å². The number of hydrogen-bond acceptors (Lipinski definition) is 2. The van der Waals surface area contributed by atoms with Gasteiger partial charge in [0.15, 0.2) is 0 Å². The van der Waals surface area contributed by atoms with Crippen LogP contribution < -0.4 is 5.32 Å². The first-order chi connectivity index (χ1) is 13.5. The SMILES string of the molecule is Cc1cccc(CN(C(=O)Cc2c(Cl)cccc2Cl)[C@H](C)C(=O)NC(C)(C)C)c1. The van der Waals surface area contributed by atoms with E-state index in [2.05, 4.69) is 5.32 Å². The monoisotopic (exact) mass is 434 g/mol. The minimum atomic E-state index is -0.650. The highest BCUT2D eigenvalue weighted by molar-refractivity contribution is 6.36. The second kappa shape index (κ2) is 9.64. The van der Waals surface area contributed by atoms with Gasteiger partial charge >= 0.3 is 0 Å². The number of nitrogens with one attached hydrogen (secondary N) is 1. The third-order valence-electron chi connectivity index (χ3n) is 4.49. The Morgan fingerprint density at radius 3 is 2.21 bits per heavy atom. The standard InChI is InChI=1S/C23H28Cl2N2O2/c1-15-8-6-9-17(12-15)14-27(16(2)22(29)26-23(3,4)5)21(28)13-18-19(24)10-7-11-20(18)25/h6-12,16H,13-14H2,1-5H3,(H,26,29)/t16-/m1/s1. The van der Waals surface area contributed by atoms with E-state index in [9.17, 15) is 9.59 Å². The lowest BCUT2D eigenvalue weighted by molar-refractivity contribution is -0.140. The number of rotatable bonds is 6. The highest BCUT2D eigenvalue weighted by Crippen LogP contribution is 2.26. The van der Waals surface area contributed by atoms with Gasteiger partial charge in [-0.05, 0) is 57.9 Å². The Kier molecular flexibility index (Phi) is 7.73. The fraction of sp³-hybridized carbons (Fsp3) is 0.391. The van der Waals surface area contributed by atoms with Crippen molar-refractivity contribution in [3.8, 4) is 0 Å². The fourth-order valence-electron chi connectivity index (χ4n) is 3.02. The summed E-state index contributed by atoms with van der Waals surface area (Å²) in [6.07, 6.45) is 0.0253. The van der Waals surface area contributed by atoms with Crippen molar-refractivity contribution < 1.29 is 9.59 Å². The molecule has 0 spiro atoms. The van der Waals surface area contributed by atoms with Gasteiger partial charge in [0.1, 0.15) is 6.04 Å². The molecule has 0 bridgehead atoms. The minimum Gasteiger partial charge on any atom is -0.350 e. The van der Waals surface area contributed by atoms with E-state index >= 15 is 0 Å². The third-order valence-corrected chi connectivity index (χ3v) is 5.20. The number of nitrogens with zero attached hydrogens (tertiary/aromatic N) is 1. The van der Waals surface area contributed by atoms with Crippen LogP contribution in [0, 0.1) is 6.92 Å². The summed E-state index contributed by atoms with van der Waals surface area (Å²) in [4.78, 5) is 27.6. The number of hydrogen-bond donors (Lipinski definition) is 1. The van der Waals surface area contributed by atoms with Gasteiger partial charge in [0.05, 0.1) is 6.42 Å². The Hall–Kier alpha value is -2.04. The normalized spacial score (nSPS) is 12.4. The summed E-state index contributed by atoms with van der Waals surface area (Å²) in [5.74, 6) is -0.415. The molecule has 0 fully saturated rings. The average molecular weight is 435 g/mol. The smallest absolute Gasteiger partial charge is 0.242 e. The zero-order chi connectivity index (χ0) is 21.8. The number of aryl methyl sites for hydroxylation is 1. The van der Waals surface area contributed by atoms with E-state index in [1.807, 2.05) is 52.0 Å². The van der Waals surface area contributed by atoms with Crippen LogP contribution in [0.15, 0.2) is 42.5 Å². The molecule has 1 N–H and O–H groups in total. The van der Waals surface area contributed by atoms with Gasteiger partial charge in [-0.2, -0.15) is 0 Å². The van der Waals surface area contributed by atoms with Gasteiger partial charge in [0.2, 0.25) is 11.8 Å². The number of halogens is 2. The molecule has 0 aromatic heterocycles. The molecule has 1 atom stereocenters. The number of carbonyl (C=O) groups excluding carboxylic acids is 2. The molecule has 0 aliphatic carbocycles. The summed E-state index contributed by atoms with van der Waals surface area (Å²) in [6, 6.07) is 12.4. The van der Waals surface area contributed by atoms with Gasteiger partial charge in [-0.1, -0.05) is 59.1 Å². The van der Waals surface area contributed by atoms with Crippen molar-refractivity contribution in [3.63, 3.8) is 0 Å². The molecule has 0 unspecified atom stereocenters. The second-order valence-corrected chi connectivity index (χ2v) is 9.12. The maximum absolute atomic E-state index is 13.2. The first kappa shape index (κ1) is 23.2. The Bertz CT molecular complexity index is 870. The molecule has 0 radical (unpaired) electrons. The molecule has 2 rings (SSSR count). The van der Waals surface area contributed by atoms with Crippen LogP contribution in [0.3, 0.4) is 0 Å². The molecule has 2 aromatic rings. The topological polar surface area (TPSA) is 49.4 Å². The lowest BCUT2D eigenvalue weighted by Gasteiger charge is -2.31. The molecule has 0 heterocycles. The summed E-state index contributed by atoms with van der Waals surface area (Å²) in [5, 5.41) is 3.83. The van der Waals surface area contributed by atoms with Gasteiger partial charge < -0.3 is 10.2 Å². The van der Waals surface area contributed by atoms with Gasteiger partial charge in [-0.25, -0.2) is 0 Å². The summed E-state index contributed by atoms with van der Waals surface area (Å²) < 4.78 is 0. The number of amides is 2. The van der Waals surface area contributed by atoms with Crippen molar-refractivity contribution in [1.82, 2.24) is 10.2 Å². The van der Waals surface area contributed by atoms with Crippen molar-refractivity contribution in [1.29, 1.82) is 0 Å². The van der Waals surface area contributed by atoms with Gasteiger partial charge in [-0.3, -0.25) is 9.59 Å². The van der Waals surface area contributed by atoms with Crippen LogP contribution in [0.4, 0.5) is 0 Å². The Balaban J connectivity index is 2.32.